The molecule has 7 heteroatoms. The van der Waals surface area contributed by atoms with Crippen molar-refractivity contribution in [2.24, 2.45) is 0 Å². The number of halogens is 2. The van der Waals surface area contributed by atoms with Gasteiger partial charge in [-0.15, -0.1) is 24.8 Å². The van der Waals surface area contributed by atoms with Crippen LogP contribution in [0.3, 0.4) is 0 Å². The van der Waals surface area contributed by atoms with Gasteiger partial charge >= 0.3 is 0 Å². The quantitative estimate of drug-likeness (QED) is 0.846. The molecule has 1 saturated heterocycles. The highest BCUT2D eigenvalue weighted by atomic mass is 35.5. The molecule has 2 aliphatic rings. The lowest BCUT2D eigenvalue weighted by Gasteiger charge is -2.30. The highest BCUT2D eigenvalue weighted by molar-refractivity contribution is 5.85. The summed E-state index contributed by atoms with van der Waals surface area (Å²) in [7, 11) is 0. The van der Waals surface area contributed by atoms with Gasteiger partial charge in [0.15, 0.2) is 0 Å². The molecule has 0 bridgehead atoms. The summed E-state index contributed by atoms with van der Waals surface area (Å²) >= 11 is 0. The molecule has 1 N–H and O–H groups in total. The van der Waals surface area contributed by atoms with E-state index in [0.29, 0.717) is 6.61 Å². The van der Waals surface area contributed by atoms with E-state index in [2.05, 4.69) is 27.1 Å². The molecule has 1 unspecified atom stereocenters. The average Bonchev–Trinajstić information content (AvgIpc) is 2.73. The second-order valence-corrected chi connectivity index (χ2v) is 4.25. The van der Waals surface area contributed by atoms with Gasteiger partial charge < -0.3 is 15.0 Å². The largest absolute Gasteiger partial charge is 0.367 e. The van der Waals surface area contributed by atoms with Crippen molar-refractivity contribution >= 4 is 30.6 Å². The van der Waals surface area contributed by atoms with Crippen LogP contribution in [0.4, 0.5) is 5.82 Å². The molecule has 3 heterocycles. The van der Waals surface area contributed by atoms with Crippen LogP contribution in [0.5, 0.6) is 0 Å². The molecule has 2 aliphatic heterocycles. The van der Waals surface area contributed by atoms with Crippen molar-refractivity contribution in [1.82, 2.24) is 15.3 Å². The number of rotatable bonds is 1. The highest BCUT2D eigenvalue weighted by Gasteiger charge is 2.27. The molecule has 18 heavy (non-hydrogen) atoms. The molecule has 1 atom stereocenters. The molecule has 1 fully saturated rings. The van der Waals surface area contributed by atoms with Crippen molar-refractivity contribution in [3.05, 3.63) is 17.6 Å². The third kappa shape index (κ3) is 2.69. The maximum absolute atomic E-state index is 5.61. The van der Waals surface area contributed by atoms with Crippen molar-refractivity contribution in [2.45, 2.75) is 19.6 Å². The van der Waals surface area contributed by atoms with Gasteiger partial charge in [0.2, 0.25) is 0 Å². The van der Waals surface area contributed by atoms with Crippen molar-refractivity contribution in [2.75, 3.05) is 31.1 Å². The number of aromatic nitrogens is 2. The van der Waals surface area contributed by atoms with E-state index in [1.165, 1.54) is 5.56 Å². The molecule has 0 spiro atoms. The molecule has 3 rings (SSSR count). The van der Waals surface area contributed by atoms with Crippen LogP contribution in [0.25, 0.3) is 0 Å². The topological polar surface area (TPSA) is 50.3 Å². The SMILES string of the molecule is CC1OCc2ncnc(N3CCNCC3)c21.Cl.Cl. The molecule has 1 aromatic rings. The smallest absolute Gasteiger partial charge is 0.138 e. The van der Waals surface area contributed by atoms with Crippen LogP contribution in [-0.4, -0.2) is 36.1 Å². The van der Waals surface area contributed by atoms with E-state index >= 15 is 0 Å². The highest BCUT2D eigenvalue weighted by Crippen LogP contribution is 2.34. The van der Waals surface area contributed by atoms with E-state index in [0.717, 1.165) is 37.7 Å². The van der Waals surface area contributed by atoms with Crippen LogP contribution < -0.4 is 10.2 Å². The van der Waals surface area contributed by atoms with Gasteiger partial charge in [-0.3, -0.25) is 0 Å². The second-order valence-electron chi connectivity index (χ2n) is 4.25. The molecule has 0 aliphatic carbocycles. The van der Waals surface area contributed by atoms with Crippen molar-refractivity contribution in [1.29, 1.82) is 0 Å². The van der Waals surface area contributed by atoms with Crippen LogP contribution in [0.1, 0.15) is 24.3 Å². The van der Waals surface area contributed by atoms with E-state index in [1.54, 1.807) is 6.33 Å². The van der Waals surface area contributed by atoms with E-state index < -0.39 is 0 Å². The Morgan fingerprint density at radius 1 is 1.28 bits per heavy atom. The molecule has 0 saturated carbocycles. The lowest BCUT2D eigenvalue weighted by atomic mass is 10.1. The molecule has 0 radical (unpaired) electrons. The normalized spacial score (nSPS) is 21.8. The summed E-state index contributed by atoms with van der Waals surface area (Å²) in [5, 5.41) is 3.35. The van der Waals surface area contributed by atoms with Gasteiger partial charge in [-0.1, -0.05) is 0 Å². The Balaban J connectivity index is 0.000000810. The third-order valence-electron chi connectivity index (χ3n) is 3.24. The standard InChI is InChI=1S/C11H16N4O.2ClH/c1-8-10-9(6-16-8)13-7-14-11(10)15-4-2-12-3-5-15;;/h7-8,12H,2-6H2,1H3;2*1H. The second kappa shape index (κ2) is 6.52. The minimum absolute atomic E-state index is 0. The van der Waals surface area contributed by atoms with Gasteiger partial charge in [0.25, 0.3) is 0 Å². The van der Waals surface area contributed by atoms with Gasteiger partial charge in [-0.05, 0) is 6.92 Å². The van der Waals surface area contributed by atoms with E-state index in [-0.39, 0.29) is 30.9 Å². The summed E-state index contributed by atoms with van der Waals surface area (Å²) in [6.45, 7) is 6.76. The predicted molar refractivity (Wildman–Crippen MR) is 74.8 cm³/mol. The summed E-state index contributed by atoms with van der Waals surface area (Å²) in [6, 6.07) is 0. The first-order chi connectivity index (χ1) is 7.86. The lowest BCUT2D eigenvalue weighted by Crippen LogP contribution is -2.44. The lowest BCUT2D eigenvalue weighted by molar-refractivity contribution is 0.0788. The number of piperazine rings is 1. The van der Waals surface area contributed by atoms with Crippen LogP contribution in [0, 0.1) is 0 Å². The molecule has 0 amide bonds. The first-order valence-electron chi connectivity index (χ1n) is 5.77. The first kappa shape index (κ1) is 15.4. The number of nitrogens with one attached hydrogen (secondary N) is 1. The van der Waals surface area contributed by atoms with Gasteiger partial charge in [0, 0.05) is 31.7 Å². The van der Waals surface area contributed by atoms with Crippen LogP contribution >= 0.6 is 24.8 Å². The van der Waals surface area contributed by atoms with Crippen LogP contribution in [-0.2, 0) is 11.3 Å². The fourth-order valence-corrected chi connectivity index (χ4v) is 2.37. The van der Waals surface area contributed by atoms with E-state index in [4.69, 9.17) is 4.74 Å². The molecule has 102 valence electrons. The van der Waals surface area contributed by atoms with Crippen LogP contribution in [0.15, 0.2) is 6.33 Å². The van der Waals surface area contributed by atoms with Gasteiger partial charge in [-0.25, -0.2) is 9.97 Å². The Morgan fingerprint density at radius 2 is 2.00 bits per heavy atom. The maximum Gasteiger partial charge on any atom is 0.138 e. The Bertz CT molecular complexity index is 399. The predicted octanol–water partition coefficient (Wildman–Crippen LogP) is 1.32. The fourth-order valence-electron chi connectivity index (χ4n) is 2.37. The third-order valence-corrected chi connectivity index (χ3v) is 3.24. The number of nitrogens with zero attached hydrogens (tertiary/aromatic N) is 3. The minimum atomic E-state index is 0. The zero-order valence-electron chi connectivity index (χ0n) is 10.3. The minimum Gasteiger partial charge on any atom is -0.367 e. The van der Waals surface area contributed by atoms with Gasteiger partial charge in [-0.2, -0.15) is 0 Å². The summed E-state index contributed by atoms with van der Waals surface area (Å²) in [6.07, 6.45) is 1.78. The molecule has 5 nitrogen and oxygen atoms in total. The maximum atomic E-state index is 5.61. The number of hydrogen-bond acceptors (Lipinski definition) is 5. The summed E-state index contributed by atoms with van der Waals surface area (Å²) in [4.78, 5) is 11.0. The number of anilines is 1. The molecular formula is C11H18Cl2N4O. The molecule has 0 aromatic carbocycles. The zero-order valence-corrected chi connectivity index (χ0v) is 11.9. The van der Waals surface area contributed by atoms with Gasteiger partial charge in [0.05, 0.1) is 18.4 Å². The molecular weight excluding hydrogens is 275 g/mol. The number of ether oxygens (including phenoxy) is 1. The monoisotopic (exact) mass is 292 g/mol. The Morgan fingerprint density at radius 3 is 2.72 bits per heavy atom. The fraction of sp³-hybridized carbons (Fsp3) is 0.636. The molecule has 1 aromatic heterocycles. The van der Waals surface area contributed by atoms with E-state index in [1.807, 2.05) is 0 Å². The average molecular weight is 293 g/mol. The van der Waals surface area contributed by atoms with Crippen LogP contribution in [0.2, 0.25) is 0 Å². The number of hydrogen-bond donors (Lipinski definition) is 1. The summed E-state index contributed by atoms with van der Waals surface area (Å²) < 4.78 is 5.61. The Labute approximate surface area is 119 Å². The Hall–Kier alpha value is -0.620. The van der Waals surface area contributed by atoms with Crippen molar-refractivity contribution < 1.29 is 4.74 Å². The summed E-state index contributed by atoms with van der Waals surface area (Å²) in [5.41, 5.74) is 2.24. The summed E-state index contributed by atoms with van der Waals surface area (Å²) in [5.74, 6) is 1.07. The van der Waals surface area contributed by atoms with Gasteiger partial charge in [0.1, 0.15) is 12.1 Å². The van der Waals surface area contributed by atoms with E-state index in [9.17, 15) is 0 Å². The Kier molecular flexibility index (Phi) is 5.59. The van der Waals surface area contributed by atoms with Crippen molar-refractivity contribution in [3.63, 3.8) is 0 Å². The number of fused-ring (bicyclic) bond motifs is 1. The zero-order chi connectivity index (χ0) is 11.0. The first-order valence-corrected chi connectivity index (χ1v) is 5.77. The van der Waals surface area contributed by atoms with Crippen molar-refractivity contribution in [3.8, 4) is 0 Å².